The maximum absolute atomic E-state index is 12.0. The van der Waals surface area contributed by atoms with Crippen LogP contribution in [0.1, 0.15) is 33.1 Å². The van der Waals surface area contributed by atoms with Gasteiger partial charge in [-0.2, -0.15) is 5.10 Å². The molecule has 0 aliphatic carbocycles. The summed E-state index contributed by atoms with van der Waals surface area (Å²) in [5.41, 5.74) is 2.46. The predicted molar refractivity (Wildman–Crippen MR) is 68.2 cm³/mol. The first-order valence-electron chi connectivity index (χ1n) is 6.23. The number of nitrogens with one attached hydrogen (secondary N) is 2. The molecular weight excluding hydrogens is 250 g/mol. The van der Waals surface area contributed by atoms with Crippen LogP contribution in [0.25, 0.3) is 0 Å². The van der Waals surface area contributed by atoms with E-state index in [1.807, 2.05) is 13.8 Å². The van der Waals surface area contributed by atoms with E-state index < -0.39 is 17.9 Å². The molecule has 1 aliphatic rings. The van der Waals surface area contributed by atoms with Crippen molar-refractivity contribution in [2.24, 2.45) is 11.0 Å². The van der Waals surface area contributed by atoms with Gasteiger partial charge in [0, 0.05) is 12.8 Å². The highest BCUT2D eigenvalue weighted by atomic mass is 16.5. The number of methoxy groups -OCH3 is 1. The molecule has 0 radical (unpaired) electrons. The number of nitrogens with zero attached hydrogens (tertiary/aromatic N) is 1. The van der Waals surface area contributed by atoms with Gasteiger partial charge in [-0.3, -0.25) is 9.59 Å². The molecule has 0 aromatic heterocycles. The fraction of sp³-hybridized carbons (Fsp3) is 0.667. The number of rotatable bonds is 5. The third-order valence-electron chi connectivity index (χ3n) is 3.12. The molecule has 106 valence electrons. The number of esters is 1. The summed E-state index contributed by atoms with van der Waals surface area (Å²) in [5, 5.41) is 6.29. The van der Waals surface area contributed by atoms with Crippen LogP contribution in [0, 0.1) is 5.92 Å². The summed E-state index contributed by atoms with van der Waals surface area (Å²) in [5.74, 6) is -1.20. The zero-order chi connectivity index (χ0) is 14.4. The topological polar surface area (TPSA) is 96.9 Å². The average Bonchev–Trinajstić information content (AvgIpc) is 2.43. The van der Waals surface area contributed by atoms with Crippen molar-refractivity contribution >= 4 is 23.5 Å². The van der Waals surface area contributed by atoms with Crippen LogP contribution in [-0.2, 0) is 19.1 Å². The molecule has 1 aliphatic heterocycles. The highest BCUT2D eigenvalue weighted by Crippen LogP contribution is 2.10. The van der Waals surface area contributed by atoms with E-state index >= 15 is 0 Å². The standard InChI is InChI=1S/C12H19N3O4/c1-4-7(2)10(12(18)19-3)13-11(17)8-5-6-9(16)15-14-8/h7,10H,4-6H2,1-3H3,(H,13,17)(H,15,16). The predicted octanol–water partition coefficient (Wildman–Crippen LogP) is -0.0437. The van der Waals surface area contributed by atoms with Gasteiger partial charge in [-0.15, -0.1) is 0 Å². The van der Waals surface area contributed by atoms with Crippen molar-refractivity contribution in [3.63, 3.8) is 0 Å². The van der Waals surface area contributed by atoms with Crippen LogP contribution in [-0.4, -0.2) is 36.6 Å². The van der Waals surface area contributed by atoms with Crippen molar-refractivity contribution < 1.29 is 19.1 Å². The summed E-state index contributed by atoms with van der Waals surface area (Å²) in [4.78, 5) is 34.5. The van der Waals surface area contributed by atoms with Crippen molar-refractivity contribution in [1.29, 1.82) is 0 Å². The lowest BCUT2D eigenvalue weighted by molar-refractivity contribution is -0.146. The molecule has 0 fully saturated rings. The van der Waals surface area contributed by atoms with E-state index in [1.54, 1.807) is 0 Å². The fourth-order valence-electron chi connectivity index (χ4n) is 1.66. The molecule has 0 aromatic carbocycles. The molecule has 19 heavy (non-hydrogen) atoms. The second kappa shape index (κ2) is 6.86. The molecule has 1 rings (SSSR count). The Labute approximate surface area is 111 Å². The normalized spacial score (nSPS) is 17.8. The molecule has 7 nitrogen and oxygen atoms in total. The lowest BCUT2D eigenvalue weighted by atomic mass is 9.98. The summed E-state index contributed by atoms with van der Waals surface area (Å²) in [6.45, 7) is 3.78. The second-order valence-corrected chi connectivity index (χ2v) is 4.45. The van der Waals surface area contributed by atoms with Gasteiger partial charge >= 0.3 is 5.97 Å². The molecule has 0 aromatic rings. The Kier molecular flexibility index (Phi) is 5.47. The van der Waals surface area contributed by atoms with Crippen LogP contribution in [0.4, 0.5) is 0 Å². The number of hydrogen-bond donors (Lipinski definition) is 2. The maximum atomic E-state index is 12.0. The molecule has 1 heterocycles. The van der Waals surface area contributed by atoms with E-state index in [-0.39, 0.29) is 30.4 Å². The summed E-state index contributed by atoms with van der Waals surface area (Å²) in [7, 11) is 1.28. The summed E-state index contributed by atoms with van der Waals surface area (Å²) >= 11 is 0. The Morgan fingerprint density at radius 3 is 2.63 bits per heavy atom. The third kappa shape index (κ3) is 4.04. The highest BCUT2D eigenvalue weighted by molar-refractivity contribution is 6.39. The van der Waals surface area contributed by atoms with Gasteiger partial charge < -0.3 is 10.1 Å². The Morgan fingerprint density at radius 1 is 1.47 bits per heavy atom. The molecule has 2 N–H and O–H groups in total. The van der Waals surface area contributed by atoms with E-state index in [4.69, 9.17) is 0 Å². The van der Waals surface area contributed by atoms with E-state index in [2.05, 4.69) is 20.6 Å². The molecule has 7 heteroatoms. The molecule has 2 atom stereocenters. The number of hydrogen-bond acceptors (Lipinski definition) is 5. The molecular formula is C12H19N3O4. The van der Waals surface area contributed by atoms with Gasteiger partial charge in [-0.25, -0.2) is 10.2 Å². The molecule has 2 unspecified atom stereocenters. The highest BCUT2D eigenvalue weighted by Gasteiger charge is 2.29. The lowest BCUT2D eigenvalue weighted by Gasteiger charge is -2.22. The zero-order valence-corrected chi connectivity index (χ0v) is 11.4. The Bertz CT molecular complexity index is 406. The molecule has 2 amide bonds. The van der Waals surface area contributed by atoms with Gasteiger partial charge in [0.05, 0.1) is 7.11 Å². The van der Waals surface area contributed by atoms with Gasteiger partial charge in [0.1, 0.15) is 11.8 Å². The smallest absolute Gasteiger partial charge is 0.328 e. The first-order chi connectivity index (χ1) is 8.99. The van der Waals surface area contributed by atoms with Crippen LogP contribution in [0.5, 0.6) is 0 Å². The molecule has 0 saturated heterocycles. The Balaban J connectivity index is 2.71. The van der Waals surface area contributed by atoms with Crippen molar-refractivity contribution in [3.05, 3.63) is 0 Å². The third-order valence-corrected chi connectivity index (χ3v) is 3.12. The van der Waals surface area contributed by atoms with E-state index in [0.29, 0.717) is 0 Å². The SMILES string of the molecule is CCC(C)C(NC(=O)C1=NNC(=O)CC1)C(=O)OC. The van der Waals surface area contributed by atoms with Crippen LogP contribution in [0.3, 0.4) is 0 Å². The van der Waals surface area contributed by atoms with Crippen molar-refractivity contribution in [1.82, 2.24) is 10.7 Å². The largest absolute Gasteiger partial charge is 0.467 e. The van der Waals surface area contributed by atoms with Gasteiger partial charge in [0.2, 0.25) is 5.91 Å². The van der Waals surface area contributed by atoms with E-state index in [1.165, 1.54) is 7.11 Å². The second-order valence-electron chi connectivity index (χ2n) is 4.45. The van der Waals surface area contributed by atoms with Crippen LogP contribution in [0.2, 0.25) is 0 Å². The minimum absolute atomic E-state index is 0.0461. The monoisotopic (exact) mass is 269 g/mol. The van der Waals surface area contributed by atoms with Gasteiger partial charge in [0.25, 0.3) is 5.91 Å². The van der Waals surface area contributed by atoms with E-state index in [9.17, 15) is 14.4 Å². The first kappa shape index (κ1) is 15.1. The number of amides is 2. The number of hydrazone groups is 1. The van der Waals surface area contributed by atoms with Crippen LogP contribution >= 0.6 is 0 Å². The van der Waals surface area contributed by atoms with Crippen LogP contribution < -0.4 is 10.7 Å². The van der Waals surface area contributed by atoms with Crippen molar-refractivity contribution in [3.8, 4) is 0 Å². The minimum Gasteiger partial charge on any atom is -0.467 e. The van der Waals surface area contributed by atoms with Crippen molar-refractivity contribution in [2.45, 2.75) is 39.2 Å². The fourth-order valence-corrected chi connectivity index (χ4v) is 1.66. The van der Waals surface area contributed by atoms with E-state index in [0.717, 1.165) is 6.42 Å². The number of carbonyl (C=O) groups excluding carboxylic acids is 3. The minimum atomic E-state index is -0.706. The number of carbonyl (C=O) groups is 3. The van der Waals surface area contributed by atoms with Gasteiger partial charge in [-0.1, -0.05) is 20.3 Å². The first-order valence-corrected chi connectivity index (χ1v) is 6.23. The van der Waals surface area contributed by atoms with Gasteiger partial charge in [-0.05, 0) is 5.92 Å². The Hall–Kier alpha value is -1.92. The lowest BCUT2D eigenvalue weighted by Crippen LogP contribution is -2.49. The summed E-state index contributed by atoms with van der Waals surface area (Å²) in [6.07, 6.45) is 1.22. The summed E-state index contributed by atoms with van der Waals surface area (Å²) in [6, 6.07) is -0.706. The number of ether oxygens (including phenoxy) is 1. The average molecular weight is 269 g/mol. The Morgan fingerprint density at radius 2 is 2.16 bits per heavy atom. The molecule has 0 spiro atoms. The molecule has 0 bridgehead atoms. The van der Waals surface area contributed by atoms with Crippen LogP contribution in [0.15, 0.2) is 5.10 Å². The van der Waals surface area contributed by atoms with Gasteiger partial charge in [0.15, 0.2) is 0 Å². The van der Waals surface area contributed by atoms with Crippen molar-refractivity contribution in [2.75, 3.05) is 7.11 Å². The molecule has 0 saturated carbocycles. The summed E-state index contributed by atoms with van der Waals surface area (Å²) < 4.78 is 4.68. The quantitative estimate of drug-likeness (QED) is 0.684. The zero-order valence-electron chi connectivity index (χ0n) is 11.4. The maximum Gasteiger partial charge on any atom is 0.328 e.